The highest BCUT2D eigenvalue weighted by molar-refractivity contribution is 7.13. The van der Waals surface area contributed by atoms with Crippen LogP contribution in [0.3, 0.4) is 0 Å². The monoisotopic (exact) mass is 354 g/mol. The van der Waals surface area contributed by atoms with E-state index in [1.54, 1.807) is 17.5 Å². The summed E-state index contributed by atoms with van der Waals surface area (Å²) >= 11 is 1.62. The van der Waals surface area contributed by atoms with Crippen LogP contribution in [-0.4, -0.2) is 60.2 Å². The minimum atomic E-state index is -0.503. The van der Waals surface area contributed by atoms with Crippen molar-refractivity contribution >= 4 is 28.5 Å². The number of alkyl carbamates (subject to hydrolysis) is 1. The topological polar surface area (TPSA) is 74.8 Å². The van der Waals surface area contributed by atoms with Gasteiger partial charge < -0.3 is 19.9 Å². The molecule has 7 nitrogen and oxygen atoms in total. The maximum Gasteiger partial charge on any atom is 0.407 e. The number of carbonyl (C=O) groups excluding carboxylic acids is 2. The molecule has 1 N–H and O–H groups in total. The number of ether oxygens (including phenoxy) is 1. The van der Waals surface area contributed by atoms with Gasteiger partial charge in [-0.25, -0.2) is 9.78 Å². The Morgan fingerprint density at radius 3 is 2.58 bits per heavy atom. The lowest BCUT2D eigenvalue weighted by Gasteiger charge is -2.34. The van der Waals surface area contributed by atoms with Gasteiger partial charge in [0.05, 0.1) is 0 Å². The molecule has 0 radical (unpaired) electrons. The molecule has 0 aromatic carbocycles. The first kappa shape index (κ1) is 18.5. The summed E-state index contributed by atoms with van der Waals surface area (Å²) in [5, 5.41) is 5.66. The van der Waals surface area contributed by atoms with Crippen LogP contribution in [0.15, 0.2) is 11.6 Å². The zero-order chi connectivity index (χ0) is 17.6. The van der Waals surface area contributed by atoms with Crippen LogP contribution in [0.25, 0.3) is 0 Å². The van der Waals surface area contributed by atoms with E-state index in [9.17, 15) is 9.59 Å². The predicted octanol–water partition coefficient (Wildman–Crippen LogP) is 2.10. The second-order valence-corrected chi connectivity index (χ2v) is 7.59. The van der Waals surface area contributed by atoms with Crippen LogP contribution in [-0.2, 0) is 9.53 Å². The molecule has 2 heterocycles. The third-order valence-corrected chi connectivity index (χ3v) is 4.39. The van der Waals surface area contributed by atoms with Gasteiger partial charge in [0, 0.05) is 50.7 Å². The van der Waals surface area contributed by atoms with E-state index in [2.05, 4.69) is 15.2 Å². The molecule has 0 saturated carbocycles. The lowest BCUT2D eigenvalue weighted by molar-refractivity contribution is -0.131. The molecular formula is C16H26N4O3S. The largest absolute Gasteiger partial charge is 0.444 e. The summed E-state index contributed by atoms with van der Waals surface area (Å²) < 4.78 is 5.15. The fourth-order valence-electron chi connectivity index (χ4n) is 2.42. The summed E-state index contributed by atoms with van der Waals surface area (Å²) in [6.45, 7) is 8.98. The Morgan fingerprint density at radius 1 is 1.29 bits per heavy atom. The number of carbonyl (C=O) groups is 2. The van der Waals surface area contributed by atoms with Gasteiger partial charge in [-0.05, 0) is 27.2 Å². The summed E-state index contributed by atoms with van der Waals surface area (Å²) in [4.78, 5) is 32.1. The first-order valence-electron chi connectivity index (χ1n) is 8.24. The number of nitrogens with zero attached hydrogens (tertiary/aromatic N) is 3. The standard InChI is InChI=1S/C16H26N4O3S/c1-16(2,3)23-15(22)18-6-4-5-13(21)19-8-10-20(11-9-19)14-17-7-12-24-14/h7,12H,4-6,8-11H2,1-3H3,(H,18,22). The summed E-state index contributed by atoms with van der Waals surface area (Å²) in [5.74, 6) is 0.139. The highest BCUT2D eigenvalue weighted by atomic mass is 32.1. The fourth-order valence-corrected chi connectivity index (χ4v) is 3.12. The van der Waals surface area contributed by atoms with Gasteiger partial charge in [-0.2, -0.15) is 0 Å². The summed E-state index contributed by atoms with van der Waals surface area (Å²) in [6.07, 6.45) is 2.42. The second-order valence-electron chi connectivity index (χ2n) is 6.71. The highest BCUT2D eigenvalue weighted by Crippen LogP contribution is 2.19. The first-order chi connectivity index (χ1) is 11.3. The Kier molecular flexibility index (Phi) is 6.42. The summed E-state index contributed by atoms with van der Waals surface area (Å²) in [7, 11) is 0. The van der Waals surface area contributed by atoms with Crippen molar-refractivity contribution in [1.82, 2.24) is 15.2 Å². The Labute approximate surface area is 147 Å². The maximum absolute atomic E-state index is 12.2. The zero-order valence-corrected chi connectivity index (χ0v) is 15.4. The average molecular weight is 354 g/mol. The lowest BCUT2D eigenvalue weighted by atomic mass is 10.2. The Balaban J connectivity index is 1.61. The lowest BCUT2D eigenvalue weighted by Crippen LogP contribution is -2.48. The molecule has 0 bridgehead atoms. The Bertz CT molecular complexity index is 534. The van der Waals surface area contributed by atoms with Crippen LogP contribution >= 0.6 is 11.3 Å². The van der Waals surface area contributed by atoms with E-state index in [0.717, 1.165) is 31.3 Å². The number of piperazine rings is 1. The summed E-state index contributed by atoms with van der Waals surface area (Å²) in [5.41, 5.74) is -0.503. The Hall–Kier alpha value is -1.83. The third kappa shape index (κ3) is 5.99. The van der Waals surface area contributed by atoms with E-state index in [1.807, 2.05) is 31.1 Å². The first-order valence-corrected chi connectivity index (χ1v) is 9.12. The molecule has 1 aromatic rings. The van der Waals surface area contributed by atoms with E-state index in [-0.39, 0.29) is 5.91 Å². The van der Waals surface area contributed by atoms with Crippen LogP contribution in [0, 0.1) is 0 Å². The van der Waals surface area contributed by atoms with Crippen molar-refractivity contribution in [3.8, 4) is 0 Å². The van der Waals surface area contributed by atoms with Gasteiger partial charge in [-0.15, -0.1) is 11.3 Å². The quantitative estimate of drug-likeness (QED) is 0.820. The molecule has 0 aliphatic carbocycles. The molecule has 24 heavy (non-hydrogen) atoms. The number of aromatic nitrogens is 1. The molecule has 1 aliphatic heterocycles. The van der Waals surface area contributed by atoms with Crippen LogP contribution in [0.5, 0.6) is 0 Å². The molecule has 8 heteroatoms. The van der Waals surface area contributed by atoms with E-state index in [1.165, 1.54) is 0 Å². The van der Waals surface area contributed by atoms with Gasteiger partial charge in [0.25, 0.3) is 0 Å². The molecule has 1 fully saturated rings. The number of nitrogens with one attached hydrogen (secondary N) is 1. The zero-order valence-electron chi connectivity index (χ0n) is 14.6. The molecule has 1 saturated heterocycles. The normalized spacial score (nSPS) is 15.3. The molecule has 0 spiro atoms. The number of thiazole rings is 1. The number of amides is 2. The van der Waals surface area contributed by atoms with Crippen LogP contribution in [0.4, 0.5) is 9.93 Å². The number of rotatable bonds is 5. The van der Waals surface area contributed by atoms with Crippen molar-refractivity contribution < 1.29 is 14.3 Å². The van der Waals surface area contributed by atoms with Crippen LogP contribution in [0.2, 0.25) is 0 Å². The number of anilines is 1. The molecule has 2 amide bonds. The Morgan fingerprint density at radius 2 is 2.00 bits per heavy atom. The van der Waals surface area contributed by atoms with Crippen molar-refractivity contribution in [2.75, 3.05) is 37.6 Å². The number of hydrogen-bond acceptors (Lipinski definition) is 6. The average Bonchev–Trinajstić information content (AvgIpc) is 3.04. The molecule has 2 rings (SSSR count). The van der Waals surface area contributed by atoms with Crippen LogP contribution < -0.4 is 10.2 Å². The van der Waals surface area contributed by atoms with E-state index < -0.39 is 11.7 Å². The molecule has 1 aromatic heterocycles. The van der Waals surface area contributed by atoms with Gasteiger partial charge in [-0.3, -0.25) is 4.79 Å². The SMILES string of the molecule is CC(C)(C)OC(=O)NCCCC(=O)N1CCN(c2nccs2)CC1. The van der Waals surface area contributed by atoms with Gasteiger partial charge in [0.1, 0.15) is 5.60 Å². The van der Waals surface area contributed by atoms with Gasteiger partial charge in [0.15, 0.2) is 5.13 Å². The van der Waals surface area contributed by atoms with Crippen molar-refractivity contribution in [2.24, 2.45) is 0 Å². The highest BCUT2D eigenvalue weighted by Gasteiger charge is 2.22. The van der Waals surface area contributed by atoms with Gasteiger partial charge in [0.2, 0.25) is 5.91 Å². The van der Waals surface area contributed by atoms with Crippen molar-refractivity contribution in [2.45, 2.75) is 39.2 Å². The smallest absolute Gasteiger partial charge is 0.407 e. The van der Waals surface area contributed by atoms with Crippen molar-refractivity contribution in [3.05, 3.63) is 11.6 Å². The molecule has 1 aliphatic rings. The summed E-state index contributed by atoms with van der Waals surface area (Å²) in [6, 6.07) is 0. The third-order valence-electron chi connectivity index (χ3n) is 3.56. The fraction of sp³-hybridized carbons (Fsp3) is 0.688. The van der Waals surface area contributed by atoms with E-state index in [4.69, 9.17) is 4.74 Å². The molecule has 0 atom stereocenters. The van der Waals surface area contributed by atoms with E-state index >= 15 is 0 Å². The minimum Gasteiger partial charge on any atom is -0.444 e. The minimum absolute atomic E-state index is 0.139. The number of hydrogen-bond donors (Lipinski definition) is 1. The van der Waals surface area contributed by atoms with Crippen molar-refractivity contribution in [3.63, 3.8) is 0 Å². The van der Waals surface area contributed by atoms with E-state index in [0.29, 0.717) is 19.4 Å². The van der Waals surface area contributed by atoms with Gasteiger partial charge >= 0.3 is 6.09 Å². The molecule has 134 valence electrons. The predicted molar refractivity (Wildman–Crippen MR) is 94.4 cm³/mol. The molecular weight excluding hydrogens is 328 g/mol. The van der Waals surface area contributed by atoms with Crippen molar-refractivity contribution in [1.29, 1.82) is 0 Å². The maximum atomic E-state index is 12.2. The van der Waals surface area contributed by atoms with Gasteiger partial charge in [-0.1, -0.05) is 0 Å². The van der Waals surface area contributed by atoms with Crippen LogP contribution in [0.1, 0.15) is 33.6 Å². The second kappa shape index (κ2) is 8.32. The molecule has 0 unspecified atom stereocenters.